The van der Waals surface area contributed by atoms with E-state index in [9.17, 15) is 9.59 Å². The van der Waals surface area contributed by atoms with Crippen LogP contribution in [0.15, 0.2) is 4.52 Å². The van der Waals surface area contributed by atoms with Crippen molar-refractivity contribution < 1.29 is 28.3 Å². The monoisotopic (exact) mass is 300 g/mol. The number of rotatable bonds is 8. The molecule has 0 fully saturated rings. The summed E-state index contributed by atoms with van der Waals surface area (Å²) in [5.74, 6) is -1.24. The molecule has 0 aliphatic carbocycles. The molecule has 1 atom stereocenters. The molecular weight excluding hydrogens is 280 g/mol. The predicted octanol–water partition coefficient (Wildman–Crippen LogP) is 0.683. The van der Waals surface area contributed by atoms with E-state index in [1.807, 2.05) is 0 Å². The topological polar surface area (TPSA) is 114 Å². The fourth-order valence-electron chi connectivity index (χ4n) is 1.63. The van der Waals surface area contributed by atoms with Gasteiger partial charge in [-0.2, -0.15) is 0 Å². The van der Waals surface area contributed by atoms with Crippen molar-refractivity contribution in [1.29, 1.82) is 0 Å². The molecule has 2 N–H and O–H groups in total. The number of hydrogen-bond acceptors (Lipinski definition) is 8. The first kappa shape index (κ1) is 17.0. The molecule has 8 nitrogen and oxygen atoms in total. The Morgan fingerprint density at radius 3 is 2.43 bits per heavy atom. The van der Waals surface area contributed by atoms with Gasteiger partial charge in [-0.25, -0.2) is 4.79 Å². The van der Waals surface area contributed by atoms with Gasteiger partial charge in [-0.15, -0.1) is 0 Å². The molecule has 1 aromatic heterocycles. The Morgan fingerprint density at radius 1 is 1.19 bits per heavy atom. The maximum absolute atomic E-state index is 11.8. The maximum atomic E-state index is 11.8. The molecule has 0 amide bonds. The smallest absolute Gasteiger partial charge is 0.377 e. The molecule has 0 saturated carbocycles. The number of nitrogens with zero attached hydrogens (tertiary/aromatic N) is 1. The minimum Gasteiger partial charge on any atom is -0.476 e. The Morgan fingerprint density at radius 2 is 1.86 bits per heavy atom. The first-order valence-electron chi connectivity index (χ1n) is 6.75. The summed E-state index contributed by atoms with van der Waals surface area (Å²) in [6.07, 6.45) is 0.00577. The maximum Gasteiger partial charge on any atom is 0.377 e. The second-order valence-corrected chi connectivity index (χ2v) is 4.01. The van der Waals surface area contributed by atoms with Crippen LogP contribution in [0, 0.1) is 0 Å². The molecule has 118 valence electrons. The van der Waals surface area contributed by atoms with Gasteiger partial charge >= 0.3 is 11.9 Å². The third kappa shape index (κ3) is 4.45. The molecule has 0 radical (unpaired) electrons. The van der Waals surface area contributed by atoms with Crippen molar-refractivity contribution in [3.8, 4) is 5.88 Å². The van der Waals surface area contributed by atoms with Crippen LogP contribution in [0.25, 0.3) is 0 Å². The highest BCUT2D eigenvalue weighted by Crippen LogP contribution is 2.24. The van der Waals surface area contributed by atoms with Gasteiger partial charge in [0.15, 0.2) is 0 Å². The van der Waals surface area contributed by atoms with E-state index in [1.165, 1.54) is 0 Å². The van der Waals surface area contributed by atoms with E-state index < -0.39 is 18.0 Å². The van der Waals surface area contributed by atoms with Crippen molar-refractivity contribution in [2.24, 2.45) is 5.73 Å². The van der Waals surface area contributed by atoms with Gasteiger partial charge in [-0.1, -0.05) is 0 Å². The van der Waals surface area contributed by atoms with Crippen molar-refractivity contribution in [3.63, 3.8) is 0 Å². The summed E-state index contributed by atoms with van der Waals surface area (Å²) in [5.41, 5.74) is 6.05. The fourth-order valence-corrected chi connectivity index (χ4v) is 1.63. The van der Waals surface area contributed by atoms with Crippen molar-refractivity contribution in [2.75, 3.05) is 19.8 Å². The molecule has 0 aromatic carbocycles. The zero-order chi connectivity index (χ0) is 15.8. The third-order valence-corrected chi connectivity index (χ3v) is 2.51. The first-order valence-corrected chi connectivity index (χ1v) is 6.75. The fraction of sp³-hybridized carbons (Fsp3) is 0.615. The van der Waals surface area contributed by atoms with Crippen LogP contribution >= 0.6 is 0 Å². The first-order chi connectivity index (χ1) is 10.0. The van der Waals surface area contributed by atoms with E-state index in [0.717, 1.165) is 0 Å². The molecule has 1 heterocycles. The number of ether oxygens (including phenoxy) is 3. The number of carbonyl (C=O) groups is 2. The quantitative estimate of drug-likeness (QED) is 0.697. The highest BCUT2D eigenvalue weighted by atomic mass is 16.6. The Hall–Kier alpha value is -2.09. The molecule has 8 heteroatoms. The predicted molar refractivity (Wildman–Crippen MR) is 71.9 cm³/mol. The standard InChI is InChI=1S/C13H20N2O6/c1-4-18-11-8(7-9(14)12(16)19-5-2)10(21-15-11)13(17)20-6-3/h9H,4-7,14H2,1-3H3. The van der Waals surface area contributed by atoms with E-state index in [0.29, 0.717) is 12.2 Å². The molecule has 0 spiro atoms. The minimum atomic E-state index is -0.947. The molecule has 1 aromatic rings. The zero-order valence-corrected chi connectivity index (χ0v) is 12.4. The average Bonchev–Trinajstić information content (AvgIpc) is 2.83. The van der Waals surface area contributed by atoms with Crippen LogP contribution in [0.5, 0.6) is 5.88 Å². The van der Waals surface area contributed by atoms with Gasteiger partial charge in [0.1, 0.15) is 6.04 Å². The molecule has 0 aliphatic rings. The molecule has 0 aliphatic heterocycles. The third-order valence-electron chi connectivity index (χ3n) is 2.51. The Balaban J connectivity index is 2.97. The van der Waals surface area contributed by atoms with Gasteiger partial charge in [-0.3, -0.25) is 4.79 Å². The lowest BCUT2D eigenvalue weighted by atomic mass is 10.1. The van der Waals surface area contributed by atoms with Crippen LogP contribution in [0.2, 0.25) is 0 Å². The van der Waals surface area contributed by atoms with Crippen LogP contribution in [-0.4, -0.2) is 43.0 Å². The average molecular weight is 300 g/mol. The summed E-state index contributed by atoms with van der Waals surface area (Å²) in [6, 6.07) is -0.947. The Labute approximate surface area is 122 Å². The van der Waals surface area contributed by atoms with Crippen LogP contribution in [0.3, 0.4) is 0 Å². The van der Waals surface area contributed by atoms with Gasteiger partial charge in [0.05, 0.1) is 25.4 Å². The van der Waals surface area contributed by atoms with Crippen LogP contribution in [0.1, 0.15) is 36.9 Å². The van der Waals surface area contributed by atoms with Gasteiger partial charge < -0.3 is 24.5 Å². The normalized spacial score (nSPS) is 11.8. The lowest BCUT2D eigenvalue weighted by Crippen LogP contribution is -2.34. The van der Waals surface area contributed by atoms with Gasteiger partial charge in [0.25, 0.3) is 11.6 Å². The van der Waals surface area contributed by atoms with Gasteiger partial charge in [-0.05, 0) is 25.9 Å². The zero-order valence-electron chi connectivity index (χ0n) is 12.4. The Kier molecular flexibility index (Phi) is 6.67. The number of carbonyl (C=O) groups excluding carboxylic acids is 2. The lowest BCUT2D eigenvalue weighted by molar-refractivity contribution is -0.144. The van der Waals surface area contributed by atoms with E-state index in [1.54, 1.807) is 20.8 Å². The van der Waals surface area contributed by atoms with Crippen molar-refractivity contribution >= 4 is 11.9 Å². The summed E-state index contributed by atoms with van der Waals surface area (Å²) in [5, 5.41) is 3.66. The van der Waals surface area contributed by atoms with Crippen molar-refractivity contribution in [3.05, 3.63) is 11.3 Å². The van der Waals surface area contributed by atoms with E-state index in [-0.39, 0.29) is 31.3 Å². The minimum absolute atomic E-state index is 0.00577. The second kappa shape index (κ2) is 8.25. The molecule has 1 rings (SSSR count). The van der Waals surface area contributed by atoms with E-state index in [4.69, 9.17) is 24.5 Å². The number of nitrogens with two attached hydrogens (primary N) is 1. The van der Waals surface area contributed by atoms with Gasteiger partial charge in [0, 0.05) is 6.42 Å². The number of aromatic nitrogens is 1. The molecule has 0 saturated heterocycles. The highest BCUT2D eigenvalue weighted by molar-refractivity contribution is 5.89. The summed E-state index contributed by atoms with van der Waals surface area (Å²) in [6.45, 7) is 5.84. The van der Waals surface area contributed by atoms with E-state index >= 15 is 0 Å². The SMILES string of the molecule is CCOC(=O)c1onc(OCC)c1CC(N)C(=O)OCC. The summed E-state index contributed by atoms with van der Waals surface area (Å²) < 4.78 is 19.9. The van der Waals surface area contributed by atoms with Crippen LogP contribution < -0.4 is 10.5 Å². The largest absolute Gasteiger partial charge is 0.476 e. The second-order valence-electron chi connectivity index (χ2n) is 4.01. The lowest BCUT2D eigenvalue weighted by Gasteiger charge is -2.10. The molecule has 21 heavy (non-hydrogen) atoms. The summed E-state index contributed by atoms with van der Waals surface area (Å²) in [4.78, 5) is 23.4. The number of esters is 2. The van der Waals surface area contributed by atoms with Crippen LogP contribution in [-0.2, 0) is 20.7 Å². The summed E-state index contributed by atoms with van der Waals surface area (Å²) in [7, 11) is 0. The van der Waals surface area contributed by atoms with Gasteiger partial charge in [0.2, 0.25) is 0 Å². The number of hydrogen-bond donors (Lipinski definition) is 1. The van der Waals surface area contributed by atoms with Crippen molar-refractivity contribution in [1.82, 2.24) is 5.16 Å². The Bertz CT molecular complexity index is 485. The molecular formula is C13H20N2O6. The van der Waals surface area contributed by atoms with E-state index in [2.05, 4.69) is 5.16 Å². The molecule has 0 bridgehead atoms. The van der Waals surface area contributed by atoms with Crippen molar-refractivity contribution in [2.45, 2.75) is 33.2 Å². The molecule has 1 unspecified atom stereocenters. The summed E-state index contributed by atoms with van der Waals surface area (Å²) >= 11 is 0. The van der Waals surface area contributed by atoms with Crippen LogP contribution in [0.4, 0.5) is 0 Å². The highest BCUT2D eigenvalue weighted by Gasteiger charge is 2.28.